The van der Waals surface area contributed by atoms with E-state index in [4.69, 9.17) is 33.0 Å². The number of carboxylic acids is 1. The van der Waals surface area contributed by atoms with Gasteiger partial charge in [-0.05, 0) is 29.9 Å². The Balaban J connectivity index is 2.47. The molecule has 108 valence electrons. The third-order valence-corrected chi connectivity index (χ3v) is 5.49. The van der Waals surface area contributed by atoms with Crippen LogP contribution in [0, 0.1) is 0 Å². The third kappa shape index (κ3) is 3.03. The Hall–Kier alpha value is -0.970. The van der Waals surface area contributed by atoms with E-state index in [-0.39, 0.29) is 5.02 Å². The van der Waals surface area contributed by atoms with Gasteiger partial charge < -0.3 is 9.84 Å². The van der Waals surface area contributed by atoms with Crippen LogP contribution in [0.2, 0.25) is 10.0 Å². The van der Waals surface area contributed by atoms with E-state index < -0.39 is 12.6 Å². The molecule has 0 radical (unpaired) electrons. The highest BCUT2D eigenvalue weighted by Gasteiger charge is 2.16. The molecular formula is C14H14Cl2O3S. The summed E-state index contributed by atoms with van der Waals surface area (Å²) in [6.07, 6.45) is 1.04. The fourth-order valence-corrected chi connectivity index (χ4v) is 3.60. The molecule has 0 aliphatic carbocycles. The molecule has 1 unspecified atom stereocenters. The highest BCUT2D eigenvalue weighted by atomic mass is 35.5. The van der Waals surface area contributed by atoms with Gasteiger partial charge in [0.15, 0.2) is 6.61 Å². The van der Waals surface area contributed by atoms with Gasteiger partial charge in [0, 0.05) is 4.88 Å². The molecule has 0 fully saturated rings. The summed E-state index contributed by atoms with van der Waals surface area (Å²) in [5, 5.41) is 10.3. The van der Waals surface area contributed by atoms with Gasteiger partial charge in [0.25, 0.3) is 0 Å². The van der Waals surface area contributed by atoms with E-state index in [0.717, 1.165) is 16.5 Å². The monoisotopic (exact) mass is 332 g/mol. The maximum atomic E-state index is 10.6. The zero-order chi connectivity index (χ0) is 14.9. The number of carboxylic acid groups (broad SMARTS) is 1. The topological polar surface area (TPSA) is 46.5 Å². The van der Waals surface area contributed by atoms with Gasteiger partial charge in [-0.1, -0.05) is 37.0 Å². The van der Waals surface area contributed by atoms with Crippen molar-refractivity contribution < 1.29 is 14.6 Å². The highest BCUT2D eigenvalue weighted by molar-refractivity contribution is 7.19. The number of benzene rings is 1. The fraction of sp³-hybridized carbons (Fsp3) is 0.357. The van der Waals surface area contributed by atoms with Gasteiger partial charge >= 0.3 is 5.97 Å². The summed E-state index contributed by atoms with van der Waals surface area (Å²) < 4.78 is 6.08. The number of fused-ring (bicyclic) bond motifs is 1. The Morgan fingerprint density at radius 3 is 2.70 bits per heavy atom. The first kappa shape index (κ1) is 15.4. The number of thiophene rings is 1. The molecule has 1 atom stereocenters. The van der Waals surface area contributed by atoms with Gasteiger partial charge in [-0.15, -0.1) is 11.3 Å². The van der Waals surface area contributed by atoms with Crippen molar-refractivity contribution in [2.24, 2.45) is 0 Å². The molecule has 1 heterocycles. The molecule has 0 aliphatic rings. The second kappa shape index (κ2) is 6.20. The number of halogens is 2. The van der Waals surface area contributed by atoms with Gasteiger partial charge in [0.2, 0.25) is 0 Å². The van der Waals surface area contributed by atoms with Crippen molar-refractivity contribution in [2.45, 2.75) is 26.2 Å². The van der Waals surface area contributed by atoms with Crippen LogP contribution in [0.1, 0.15) is 31.1 Å². The van der Waals surface area contributed by atoms with Crippen LogP contribution < -0.4 is 4.74 Å². The molecule has 20 heavy (non-hydrogen) atoms. The van der Waals surface area contributed by atoms with Crippen LogP contribution in [0.5, 0.6) is 5.75 Å². The standard InChI is InChI=1S/C14H14Cl2O3S/c1-3-7(2)10-5-8-4-9(19-6-11(17)18)12(15)13(16)14(8)20-10/h4-5,7H,3,6H2,1-2H3,(H,17,18). The largest absolute Gasteiger partial charge is 0.480 e. The minimum Gasteiger partial charge on any atom is -0.480 e. The number of hydrogen-bond acceptors (Lipinski definition) is 3. The summed E-state index contributed by atoms with van der Waals surface area (Å²) >= 11 is 14.0. The lowest BCUT2D eigenvalue weighted by Gasteiger charge is -2.07. The van der Waals surface area contributed by atoms with Gasteiger partial charge in [-0.25, -0.2) is 4.79 Å². The van der Waals surface area contributed by atoms with Gasteiger partial charge in [0.1, 0.15) is 10.8 Å². The number of ether oxygens (including phenoxy) is 1. The lowest BCUT2D eigenvalue weighted by Crippen LogP contribution is -2.09. The summed E-state index contributed by atoms with van der Waals surface area (Å²) in [5.41, 5.74) is 0. The number of hydrogen-bond donors (Lipinski definition) is 1. The minimum atomic E-state index is -1.05. The predicted molar refractivity (Wildman–Crippen MR) is 83.7 cm³/mol. The predicted octanol–water partition coefficient (Wildman–Crippen LogP) is 5.19. The van der Waals surface area contributed by atoms with Crippen LogP contribution >= 0.6 is 34.5 Å². The van der Waals surface area contributed by atoms with Crippen molar-refractivity contribution in [3.63, 3.8) is 0 Å². The van der Waals surface area contributed by atoms with Gasteiger partial charge in [0.05, 0.1) is 9.72 Å². The average Bonchev–Trinajstić information content (AvgIpc) is 2.84. The van der Waals surface area contributed by atoms with E-state index in [2.05, 4.69) is 19.9 Å². The first-order valence-electron chi connectivity index (χ1n) is 6.20. The maximum Gasteiger partial charge on any atom is 0.341 e. The second-order valence-corrected chi connectivity index (χ2v) is 6.40. The van der Waals surface area contributed by atoms with Crippen LogP contribution in [-0.2, 0) is 4.79 Å². The molecule has 0 bridgehead atoms. The summed E-state index contributed by atoms with van der Waals surface area (Å²) in [5.74, 6) is -0.298. The van der Waals surface area contributed by atoms with E-state index >= 15 is 0 Å². The Kier molecular flexibility index (Phi) is 4.78. The molecule has 2 rings (SSSR count). The van der Waals surface area contributed by atoms with Crippen LogP contribution in [-0.4, -0.2) is 17.7 Å². The molecule has 0 saturated carbocycles. The van der Waals surface area contributed by atoms with Crippen LogP contribution in [0.4, 0.5) is 0 Å². The third-order valence-electron chi connectivity index (χ3n) is 3.12. The molecule has 2 aromatic rings. The molecular weight excluding hydrogens is 319 g/mol. The van der Waals surface area contributed by atoms with Crippen molar-refractivity contribution >= 4 is 50.6 Å². The highest BCUT2D eigenvalue weighted by Crippen LogP contribution is 2.43. The average molecular weight is 333 g/mol. The molecule has 1 N–H and O–H groups in total. The van der Waals surface area contributed by atoms with E-state index in [0.29, 0.717) is 16.7 Å². The van der Waals surface area contributed by atoms with Gasteiger partial charge in [-0.2, -0.15) is 0 Å². The van der Waals surface area contributed by atoms with Gasteiger partial charge in [-0.3, -0.25) is 0 Å². The zero-order valence-electron chi connectivity index (χ0n) is 11.1. The number of rotatable bonds is 5. The first-order valence-corrected chi connectivity index (χ1v) is 7.77. The molecule has 0 amide bonds. The van der Waals surface area contributed by atoms with Crippen LogP contribution in [0.15, 0.2) is 12.1 Å². The molecule has 0 spiro atoms. The lowest BCUT2D eigenvalue weighted by molar-refractivity contribution is -0.139. The molecule has 3 nitrogen and oxygen atoms in total. The van der Waals surface area contributed by atoms with E-state index in [1.54, 1.807) is 17.4 Å². The Bertz CT molecular complexity index is 651. The second-order valence-electron chi connectivity index (χ2n) is 4.56. The van der Waals surface area contributed by atoms with Crippen LogP contribution in [0.25, 0.3) is 10.1 Å². The van der Waals surface area contributed by atoms with Crippen molar-refractivity contribution in [1.82, 2.24) is 0 Å². The number of carbonyl (C=O) groups is 1. The molecule has 1 aromatic carbocycles. The zero-order valence-corrected chi connectivity index (χ0v) is 13.4. The summed E-state index contributed by atoms with van der Waals surface area (Å²) in [6.45, 7) is 3.84. The minimum absolute atomic E-state index is 0.262. The van der Waals surface area contributed by atoms with Crippen molar-refractivity contribution in [3.8, 4) is 5.75 Å². The Morgan fingerprint density at radius 2 is 2.10 bits per heavy atom. The summed E-state index contributed by atoms with van der Waals surface area (Å²) in [6, 6.07) is 3.80. The fourth-order valence-electron chi connectivity index (χ4n) is 1.80. The molecule has 0 aliphatic heterocycles. The quantitative estimate of drug-likeness (QED) is 0.819. The van der Waals surface area contributed by atoms with E-state index in [9.17, 15) is 4.79 Å². The van der Waals surface area contributed by atoms with E-state index in [1.807, 2.05) is 0 Å². The lowest BCUT2D eigenvalue weighted by atomic mass is 10.1. The molecule has 1 aromatic heterocycles. The maximum absolute atomic E-state index is 10.6. The number of aliphatic carboxylic acids is 1. The van der Waals surface area contributed by atoms with Crippen LogP contribution in [0.3, 0.4) is 0 Å². The normalized spacial score (nSPS) is 12.6. The summed E-state index contributed by atoms with van der Waals surface area (Å²) in [7, 11) is 0. The smallest absolute Gasteiger partial charge is 0.341 e. The SMILES string of the molecule is CCC(C)c1cc2cc(OCC(=O)O)c(Cl)c(Cl)c2s1. The molecule has 0 saturated heterocycles. The summed E-state index contributed by atoms with van der Waals surface area (Å²) in [4.78, 5) is 11.8. The van der Waals surface area contributed by atoms with Crippen molar-refractivity contribution in [2.75, 3.05) is 6.61 Å². The van der Waals surface area contributed by atoms with Crippen molar-refractivity contribution in [1.29, 1.82) is 0 Å². The first-order chi connectivity index (χ1) is 9.43. The van der Waals surface area contributed by atoms with E-state index in [1.165, 1.54) is 4.88 Å². The Labute approximate surface area is 131 Å². The molecule has 6 heteroatoms. The van der Waals surface area contributed by atoms with Crippen molar-refractivity contribution in [3.05, 3.63) is 27.1 Å². The Morgan fingerprint density at radius 1 is 1.40 bits per heavy atom.